The van der Waals surface area contributed by atoms with E-state index in [0.29, 0.717) is 45.4 Å². The fraction of sp³-hybridized carbons (Fsp3) is 0.456. The number of unbranched alkanes of at least 4 members (excludes halogenated alkanes) is 4. The molecule has 2 unspecified atom stereocenters. The molecular formula is C57H74N4O10. The first-order valence-corrected chi connectivity index (χ1v) is 25.3. The van der Waals surface area contributed by atoms with Gasteiger partial charge in [-0.25, -0.2) is 4.79 Å². The normalized spacial score (nSPS) is 17.2. The smallest absolute Gasteiger partial charge is 0.407 e. The van der Waals surface area contributed by atoms with Gasteiger partial charge in [0, 0.05) is 25.2 Å². The van der Waals surface area contributed by atoms with Gasteiger partial charge in [-0.2, -0.15) is 0 Å². The minimum atomic E-state index is -1.40. The second kappa shape index (κ2) is 29.6. The molecular weight excluding hydrogens is 901 g/mol. The number of hydrogen-bond donors (Lipinski definition) is 5. The number of amides is 2. The van der Waals surface area contributed by atoms with Crippen LogP contribution in [0.25, 0.3) is 10.8 Å². The van der Waals surface area contributed by atoms with E-state index >= 15 is 0 Å². The van der Waals surface area contributed by atoms with Crippen LogP contribution in [0.5, 0.6) is 0 Å². The fourth-order valence-electron chi connectivity index (χ4n) is 9.15. The number of nitrogens with zero attached hydrogens (tertiary/aromatic N) is 2. The Labute approximate surface area is 419 Å². The molecule has 382 valence electrons. The molecule has 6 N–H and O–H groups in total. The molecule has 1 saturated heterocycles. The van der Waals surface area contributed by atoms with Gasteiger partial charge >= 0.3 is 12.1 Å². The summed E-state index contributed by atoms with van der Waals surface area (Å²) in [6, 6.07) is 39.9. The van der Waals surface area contributed by atoms with Crippen molar-refractivity contribution in [3.8, 4) is 0 Å². The number of nitrogens with one attached hydrogen (secondary N) is 1. The third-order valence-corrected chi connectivity index (χ3v) is 13.1. The van der Waals surface area contributed by atoms with Crippen molar-refractivity contribution in [2.75, 3.05) is 45.9 Å². The van der Waals surface area contributed by atoms with E-state index in [1.807, 2.05) is 108 Å². The highest BCUT2D eigenvalue weighted by Crippen LogP contribution is 2.30. The number of ether oxygens (including phenoxy) is 4. The summed E-state index contributed by atoms with van der Waals surface area (Å²) in [5.41, 5.74) is 11.0. The van der Waals surface area contributed by atoms with Gasteiger partial charge in [0.25, 0.3) is 0 Å². The molecule has 0 radical (unpaired) electrons. The maximum absolute atomic E-state index is 13.5. The van der Waals surface area contributed by atoms with E-state index in [9.17, 15) is 29.7 Å². The predicted molar refractivity (Wildman–Crippen MR) is 274 cm³/mol. The van der Waals surface area contributed by atoms with Crippen LogP contribution >= 0.6 is 0 Å². The summed E-state index contributed by atoms with van der Waals surface area (Å²) in [7, 11) is 0. The van der Waals surface area contributed by atoms with Gasteiger partial charge in [-0.15, -0.1) is 0 Å². The largest absolute Gasteiger partial charge is 0.460 e. The Bertz CT molecular complexity index is 2340. The molecule has 0 aliphatic carbocycles. The fourth-order valence-corrected chi connectivity index (χ4v) is 9.15. The highest BCUT2D eigenvalue weighted by molar-refractivity contribution is 5.89. The first-order valence-electron chi connectivity index (χ1n) is 25.3. The number of alkyl carbamates (subject to hydrolysis) is 1. The number of carbonyl (C=O) groups is 3. The van der Waals surface area contributed by atoms with Crippen molar-refractivity contribution in [3.05, 3.63) is 155 Å². The standard InChI is InChI=1S/C57H74N4O10/c1-2-3-4-18-34-60(37-50(62)53(65)54-51(63)41-69-56(71-54)46-25-12-7-13-26-46)35-19-36-61(38-52(64)68-39-42-20-8-5-9-21-42)49(55(58)66)32-31-45-30-29-44(47-27-14-15-28-48(45)47)24-16-17-33-59-57(67)70-40-43-22-10-6-11-23-43/h5-15,20-23,25-30,49-51,53-54,56,62-63,65H,2-4,16-19,24,31-41H2,1H3,(H2,58,66)(H,59,67)/t49?,50-,51+,53+,54+,56?/m0/s1. The number of primary amides is 1. The van der Waals surface area contributed by atoms with E-state index in [0.717, 1.165) is 78.0 Å². The van der Waals surface area contributed by atoms with Crippen molar-refractivity contribution in [3.63, 3.8) is 0 Å². The van der Waals surface area contributed by atoms with Crippen molar-refractivity contribution in [1.29, 1.82) is 0 Å². The molecule has 71 heavy (non-hydrogen) atoms. The van der Waals surface area contributed by atoms with Crippen molar-refractivity contribution < 1.29 is 48.7 Å². The second-order valence-electron chi connectivity index (χ2n) is 18.5. The lowest BCUT2D eigenvalue weighted by atomic mass is 9.93. The summed E-state index contributed by atoms with van der Waals surface area (Å²) in [4.78, 5) is 43.1. The van der Waals surface area contributed by atoms with Crippen LogP contribution in [-0.2, 0) is 54.6 Å². The predicted octanol–water partition coefficient (Wildman–Crippen LogP) is 7.39. The van der Waals surface area contributed by atoms with E-state index in [1.165, 1.54) is 5.56 Å². The summed E-state index contributed by atoms with van der Waals surface area (Å²) >= 11 is 0. The van der Waals surface area contributed by atoms with Crippen LogP contribution in [0.1, 0.15) is 92.4 Å². The quantitative estimate of drug-likeness (QED) is 0.0227. The Morgan fingerprint density at radius 2 is 1.32 bits per heavy atom. The Morgan fingerprint density at radius 3 is 1.97 bits per heavy atom. The molecule has 0 bridgehead atoms. The zero-order valence-corrected chi connectivity index (χ0v) is 41.2. The lowest BCUT2D eigenvalue weighted by Gasteiger charge is -2.39. The lowest BCUT2D eigenvalue weighted by molar-refractivity contribution is -0.283. The summed E-state index contributed by atoms with van der Waals surface area (Å²) < 4.78 is 22.8. The molecule has 5 aromatic carbocycles. The summed E-state index contributed by atoms with van der Waals surface area (Å²) in [5, 5.41) is 38.8. The number of aliphatic hydroxyl groups excluding tert-OH is 3. The molecule has 1 heterocycles. The van der Waals surface area contributed by atoms with Crippen LogP contribution in [-0.4, -0.2) is 119 Å². The summed E-state index contributed by atoms with van der Waals surface area (Å²) in [5.74, 6) is -1.02. The molecule has 2 amide bonds. The van der Waals surface area contributed by atoms with Gasteiger partial charge in [-0.3, -0.25) is 14.5 Å². The van der Waals surface area contributed by atoms with Crippen LogP contribution < -0.4 is 11.1 Å². The lowest BCUT2D eigenvalue weighted by Crippen LogP contribution is -2.54. The maximum Gasteiger partial charge on any atom is 0.407 e. The van der Waals surface area contributed by atoms with Crippen LogP contribution in [0.2, 0.25) is 0 Å². The van der Waals surface area contributed by atoms with Gasteiger partial charge in [0.2, 0.25) is 5.91 Å². The molecule has 14 nitrogen and oxygen atoms in total. The molecule has 14 heteroatoms. The average molecular weight is 975 g/mol. The van der Waals surface area contributed by atoms with E-state index in [1.54, 1.807) is 0 Å². The van der Waals surface area contributed by atoms with Crippen LogP contribution in [0, 0.1) is 0 Å². The third-order valence-electron chi connectivity index (χ3n) is 13.1. The number of esters is 1. The molecule has 0 spiro atoms. The summed E-state index contributed by atoms with van der Waals surface area (Å²) in [6.07, 6.45) is 1.74. The van der Waals surface area contributed by atoms with E-state index < -0.39 is 54.7 Å². The Kier molecular flexibility index (Phi) is 22.8. The molecule has 5 aromatic rings. The molecule has 1 aliphatic rings. The number of hydrogen-bond acceptors (Lipinski definition) is 12. The number of fused-ring (bicyclic) bond motifs is 1. The van der Waals surface area contributed by atoms with Crippen LogP contribution in [0.15, 0.2) is 127 Å². The van der Waals surface area contributed by atoms with E-state index in [2.05, 4.69) is 41.4 Å². The first-order chi connectivity index (χ1) is 34.6. The molecule has 6 rings (SSSR count). The van der Waals surface area contributed by atoms with Crippen molar-refractivity contribution in [1.82, 2.24) is 15.1 Å². The van der Waals surface area contributed by atoms with Gasteiger partial charge in [0.1, 0.15) is 31.5 Å². The van der Waals surface area contributed by atoms with E-state index in [4.69, 9.17) is 24.7 Å². The molecule has 6 atom stereocenters. The minimum Gasteiger partial charge on any atom is -0.460 e. The highest BCUT2D eigenvalue weighted by atomic mass is 16.7. The Hall–Kier alpha value is -5.71. The minimum absolute atomic E-state index is 0.0582. The zero-order valence-electron chi connectivity index (χ0n) is 41.2. The van der Waals surface area contributed by atoms with Crippen LogP contribution in [0.4, 0.5) is 4.79 Å². The molecule has 1 fully saturated rings. The zero-order chi connectivity index (χ0) is 50.2. The van der Waals surface area contributed by atoms with Gasteiger partial charge in [0.15, 0.2) is 6.29 Å². The monoisotopic (exact) mass is 975 g/mol. The van der Waals surface area contributed by atoms with Gasteiger partial charge < -0.3 is 50.2 Å². The first kappa shape index (κ1) is 54.6. The number of aliphatic hydroxyl groups is 3. The van der Waals surface area contributed by atoms with Crippen molar-refractivity contribution in [2.45, 2.75) is 121 Å². The number of nitrogens with two attached hydrogens (primary N) is 1. The second-order valence-corrected chi connectivity index (χ2v) is 18.5. The van der Waals surface area contributed by atoms with Gasteiger partial charge in [-0.05, 0) is 91.1 Å². The van der Waals surface area contributed by atoms with Gasteiger partial charge in [0.05, 0.1) is 25.3 Å². The molecule has 1 aliphatic heterocycles. The SMILES string of the molecule is CCCCCCN(CCCN(CC(=O)OCc1ccccc1)C(CCc1ccc(CCCCNC(=O)OCc2ccccc2)c2ccccc12)C(N)=O)C[C@H](O)[C@@H](O)[C@@H]1OC(c2ccccc2)OC[C@H]1O. The Morgan fingerprint density at radius 1 is 0.718 bits per heavy atom. The maximum atomic E-state index is 13.5. The average Bonchev–Trinajstić information content (AvgIpc) is 3.39. The van der Waals surface area contributed by atoms with E-state index in [-0.39, 0.29) is 32.9 Å². The van der Waals surface area contributed by atoms with Gasteiger partial charge in [-0.1, -0.05) is 154 Å². The van der Waals surface area contributed by atoms with Crippen molar-refractivity contribution >= 4 is 28.7 Å². The number of benzene rings is 5. The third kappa shape index (κ3) is 17.8. The highest BCUT2D eigenvalue weighted by Gasteiger charge is 2.40. The number of rotatable bonds is 30. The topological polar surface area (TPSA) is 193 Å². The number of carbonyl (C=O) groups excluding carboxylic acids is 3. The number of aryl methyl sites for hydroxylation is 2. The molecule has 0 aromatic heterocycles. The Balaban J connectivity index is 1.09. The molecule has 0 saturated carbocycles. The van der Waals surface area contributed by atoms with Crippen molar-refractivity contribution in [2.24, 2.45) is 5.73 Å². The summed E-state index contributed by atoms with van der Waals surface area (Å²) in [6.45, 7) is 4.33. The van der Waals surface area contributed by atoms with Crippen LogP contribution in [0.3, 0.4) is 0 Å².